The van der Waals surface area contributed by atoms with Gasteiger partial charge < -0.3 is 0 Å². The van der Waals surface area contributed by atoms with E-state index in [1.54, 1.807) is 12.1 Å². The fourth-order valence-electron chi connectivity index (χ4n) is 9.11. The first-order valence-corrected chi connectivity index (χ1v) is 19.4. The molecule has 0 bridgehead atoms. The van der Waals surface area contributed by atoms with Crippen molar-refractivity contribution in [3.8, 4) is 44.5 Å². The topological polar surface area (TPSA) is 0 Å². The summed E-state index contributed by atoms with van der Waals surface area (Å²) in [5, 5.41) is 13.2. The van der Waals surface area contributed by atoms with E-state index in [1.165, 1.54) is 39.2 Å². The quantitative estimate of drug-likeness (QED) is 0.125. The Morgan fingerprint density at radius 2 is 0.702 bits per heavy atom. The summed E-state index contributed by atoms with van der Waals surface area (Å²) in [6, 6.07) is 64.4. The van der Waals surface area contributed by atoms with Crippen LogP contribution in [0.2, 0.25) is 0 Å². The van der Waals surface area contributed by atoms with Gasteiger partial charge in [-0.25, -0.2) is 8.78 Å². The summed E-state index contributed by atoms with van der Waals surface area (Å²) < 4.78 is 29.3. The first kappa shape index (κ1) is 33.2. The van der Waals surface area contributed by atoms with Gasteiger partial charge in [0.1, 0.15) is 11.6 Å². The zero-order valence-electron chi connectivity index (χ0n) is 31.2. The van der Waals surface area contributed by atoms with Crippen molar-refractivity contribution in [3.05, 3.63) is 205 Å². The molecule has 0 heterocycles. The highest BCUT2D eigenvalue weighted by atomic mass is 19.1. The van der Waals surface area contributed by atoms with Crippen LogP contribution in [0.15, 0.2) is 188 Å². The second-order valence-electron chi connectivity index (χ2n) is 15.2. The summed E-state index contributed by atoms with van der Waals surface area (Å²) in [6.45, 7) is 2.12. The number of rotatable bonds is 4. The third kappa shape index (κ3) is 5.40. The maximum absolute atomic E-state index is 15.0. The van der Waals surface area contributed by atoms with Crippen LogP contribution >= 0.6 is 0 Å². The molecular formula is C55H34F2. The molecule has 0 fully saturated rings. The number of benzene rings is 11. The fourth-order valence-corrected chi connectivity index (χ4v) is 9.11. The molecule has 0 aliphatic heterocycles. The van der Waals surface area contributed by atoms with Gasteiger partial charge in [-0.1, -0.05) is 145 Å². The summed E-state index contributed by atoms with van der Waals surface area (Å²) in [6.07, 6.45) is 0. The molecule has 0 atom stereocenters. The van der Waals surface area contributed by atoms with Gasteiger partial charge in [0.15, 0.2) is 0 Å². The highest BCUT2D eigenvalue weighted by Crippen LogP contribution is 2.50. The van der Waals surface area contributed by atoms with Crippen molar-refractivity contribution in [2.75, 3.05) is 0 Å². The van der Waals surface area contributed by atoms with Gasteiger partial charge in [0.25, 0.3) is 0 Å². The van der Waals surface area contributed by atoms with E-state index in [2.05, 4.69) is 153 Å². The Labute approximate surface area is 328 Å². The number of hydrogen-bond donors (Lipinski definition) is 0. The van der Waals surface area contributed by atoms with Crippen LogP contribution in [0.25, 0.3) is 109 Å². The van der Waals surface area contributed by atoms with Crippen LogP contribution in [0, 0.1) is 18.6 Å². The Morgan fingerprint density at radius 1 is 0.281 bits per heavy atom. The number of aryl methyl sites for hydroxylation is 1. The molecule has 0 aromatic heterocycles. The predicted molar refractivity (Wildman–Crippen MR) is 238 cm³/mol. The highest BCUT2D eigenvalue weighted by molar-refractivity contribution is 6.29. The maximum Gasteiger partial charge on any atom is 0.123 e. The molecule has 11 aromatic carbocycles. The van der Waals surface area contributed by atoms with Crippen LogP contribution in [-0.4, -0.2) is 0 Å². The maximum atomic E-state index is 15.0. The van der Waals surface area contributed by atoms with Crippen LogP contribution in [0.1, 0.15) is 5.56 Å². The summed E-state index contributed by atoms with van der Waals surface area (Å²) in [5.74, 6) is -0.533. The second kappa shape index (κ2) is 13.0. The molecule has 0 aliphatic carbocycles. The van der Waals surface area contributed by atoms with Crippen LogP contribution < -0.4 is 0 Å². The van der Waals surface area contributed by atoms with Crippen molar-refractivity contribution >= 4 is 64.6 Å². The van der Waals surface area contributed by atoms with Crippen molar-refractivity contribution in [1.29, 1.82) is 0 Å². The smallest absolute Gasteiger partial charge is 0.123 e. The minimum Gasteiger partial charge on any atom is -0.207 e. The van der Waals surface area contributed by atoms with E-state index < -0.39 is 0 Å². The van der Waals surface area contributed by atoms with Crippen molar-refractivity contribution in [2.24, 2.45) is 0 Å². The van der Waals surface area contributed by atoms with E-state index in [1.807, 2.05) is 18.2 Å². The zero-order valence-corrected chi connectivity index (χ0v) is 31.2. The average Bonchev–Trinajstić information content (AvgIpc) is 3.25. The minimum absolute atomic E-state index is 0.265. The molecule has 0 nitrogen and oxygen atoms in total. The van der Waals surface area contributed by atoms with Gasteiger partial charge in [0.2, 0.25) is 0 Å². The van der Waals surface area contributed by atoms with Crippen molar-refractivity contribution in [2.45, 2.75) is 6.92 Å². The first-order chi connectivity index (χ1) is 28.0. The van der Waals surface area contributed by atoms with E-state index in [9.17, 15) is 4.39 Å². The molecule has 0 aliphatic rings. The summed E-state index contributed by atoms with van der Waals surface area (Å²) in [7, 11) is 0. The second-order valence-corrected chi connectivity index (χ2v) is 15.2. The Morgan fingerprint density at radius 3 is 1.28 bits per heavy atom. The van der Waals surface area contributed by atoms with E-state index >= 15 is 4.39 Å². The molecule has 268 valence electrons. The van der Waals surface area contributed by atoms with E-state index in [4.69, 9.17) is 0 Å². The Bertz CT molecular complexity index is 3410. The molecule has 57 heavy (non-hydrogen) atoms. The molecule has 0 spiro atoms. The van der Waals surface area contributed by atoms with Crippen molar-refractivity contribution in [1.82, 2.24) is 0 Å². The number of fused-ring (bicyclic) bond motifs is 8. The summed E-state index contributed by atoms with van der Waals surface area (Å²) >= 11 is 0. The molecule has 0 N–H and O–H groups in total. The van der Waals surface area contributed by atoms with Gasteiger partial charge in [-0.3, -0.25) is 0 Å². The van der Waals surface area contributed by atoms with Gasteiger partial charge in [-0.15, -0.1) is 0 Å². The number of hydrogen-bond acceptors (Lipinski definition) is 0. The van der Waals surface area contributed by atoms with Gasteiger partial charge >= 0.3 is 0 Å². The molecule has 0 amide bonds. The number of halogens is 2. The molecule has 0 saturated heterocycles. The van der Waals surface area contributed by atoms with Gasteiger partial charge in [-0.05, 0) is 165 Å². The van der Waals surface area contributed by atoms with E-state index in [0.717, 1.165) is 87.6 Å². The van der Waals surface area contributed by atoms with Crippen LogP contribution in [0.3, 0.4) is 0 Å². The highest BCUT2D eigenvalue weighted by Gasteiger charge is 2.22. The largest absolute Gasteiger partial charge is 0.207 e. The summed E-state index contributed by atoms with van der Waals surface area (Å²) in [5.41, 5.74) is 9.85. The van der Waals surface area contributed by atoms with Crippen LogP contribution in [-0.2, 0) is 0 Å². The lowest BCUT2D eigenvalue weighted by Gasteiger charge is -2.22. The lowest BCUT2D eigenvalue weighted by molar-refractivity contribution is 0.628. The molecule has 0 unspecified atom stereocenters. The Hall–Kier alpha value is -7.16. The van der Waals surface area contributed by atoms with Gasteiger partial charge in [-0.2, -0.15) is 0 Å². The average molecular weight is 733 g/mol. The Kier molecular flexibility index (Phi) is 7.55. The SMILES string of the molecule is Cc1ccc(-c2ccc3c(-c4cc5cc(F)ccc5c5ccccc45)c4cc(-c5ccc(F)cc5)ccc4c(-c4cc5ccccc5c5ccccc45)c3c2)cc1. The molecule has 0 saturated carbocycles. The molecule has 11 rings (SSSR count). The van der Waals surface area contributed by atoms with Crippen molar-refractivity contribution < 1.29 is 8.78 Å². The Balaban J connectivity index is 1.36. The molecule has 0 radical (unpaired) electrons. The third-order valence-electron chi connectivity index (χ3n) is 11.8. The fraction of sp³-hybridized carbons (Fsp3) is 0.0182. The van der Waals surface area contributed by atoms with Crippen LogP contribution in [0.5, 0.6) is 0 Å². The standard InChI is InChI=1S/C55H34F2/c1-33-14-16-34(17-15-33)36-20-25-49-52(29-36)54(50-31-38-8-2-3-9-42(38)44-10-4-6-12-46(44)50)48-26-21-37(35-18-22-40(56)23-19-35)30-53(48)55(49)51-32-39-28-41(57)24-27-43(39)45-11-5-7-13-47(45)51/h2-32H,1H3. The van der Waals surface area contributed by atoms with Crippen molar-refractivity contribution in [3.63, 3.8) is 0 Å². The molecule has 2 heteroatoms. The monoisotopic (exact) mass is 732 g/mol. The predicted octanol–water partition coefficient (Wildman–Crippen LogP) is 15.9. The third-order valence-corrected chi connectivity index (χ3v) is 11.8. The first-order valence-electron chi connectivity index (χ1n) is 19.4. The molecular weight excluding hydrogens is 699 g/mol. The normalized spacial score (nSPS) is 11.8. The zero-order chi connectivity index (χ0) is 38.2. The summed E-state index contributed by atoms with van der Waals surface area (Å²) in [4.78, 5) is 0. The minimum atomic E-state index is -0.268. The molecule has 11 aromatic rings. The van der Waals surface area contributed by atoms with Gasteiger partial charge in [0.05, 0.1) is 0 Å². The van der Waals surface area contributed by atoms with E-state index in [-0.39, 0.29) is 11.6 Å². The van der Waals surface area contributed by atoms with E-state index in [0.29, 0.717) is 0 Å². The van der Waals surface area contributed by atoms with Crippen LogP contribution in [0.4, 0.5) is 8.78 Å². The lowest BCUT2D eigenvalue weighted by Crippen LogP contribution is -1.95. The van der Waals surface area contributed by atoms with Gasteiger partial charge in [0, 0.05) is 0 Å². The lowest BCUT2D eigenvalue weighted by atomic mass is 9.81.